The zero-order valence-electron chi connectivity index (χ0n) is 21.9. The van der Waals surface area contributed by atoms with Crippen LogP contribution in [0.25, 0.3) is 11.0 Å². The first-order valence-corrected chi connectivity index (χ1v) is 13.2. The summed E-state index contributed by atoms with van der Waals surface area (Å²) >= 11 is 0. The summed E-state index contributed by atoms with van der Waals surface area (Å²) in [5.74, 6) is -1.90. The molecule has 4 aromatic rings. The Morgan fingerprint density at radius 1 is 1.10 bits per heavy atom. The van der Waals surface area contributed by atoms with Crippen LogP contribution in [0.3, 0.4) is 0 Å². The minimum absolute atomic E-state index is 0.00429. The standard InChI is InChI=1S/C30H28N2O8/c1-38-27(35)11-21(22-16-39-25-7-3-2-5-20(25)28(22)36)30-29(37)24(33)10-19(40-30)15-31-12-17-9-18(14-31)23-6-4-8-26(34)32(23)13-17/h2-8,10,16-18,21,37H,9,11-15H2,1H3/t17-,18+,21-/m0/s1. The van der Waals surface area contributed by atoms with E-state index in [2.05, 4.69) is 4.90 Å². The number of methoxy groups -OCH3 is 1. The third-order valence-electron chi connectivity index (χ3n) is 7.93. The number of likely N-dealkylation sites (tertiary alicyclic amines) is 1. The molecule has 1 saturated heterocycles. The molecule has 206 valence electrons. The maximum Gasteiger partial charge on any atom is 0.306 e. The van der Waals surface area contributed by atoms with Gasteiger partial charge in [0.1, 0.15) is 11.3 Å². The molecule has 1 fully saturated rings. The molecule has 2 aliphatic rings. The zero-order valence-corrected chi connectivity index (χ0v) is 21.9. The van der Waals surface area contributed by atoms with Gasteiger partial charge in [-0.25, -0.2) is 0 Å². The van der Waals surface area contributed by atoms with Crippen LogP contribution in [-0.2, 0) is 22.6 Å². The zero-order chi connectivity index (χ0) is 28.0. The van der Waals surface area contributed by atoms with Crippen LogP contribution in [0.1, 0.15) is 47.5 Å². The number of ether oxygens (including phenoxy) is 1. The lowest BCUT2D eigenvalue weighted by Crippen LogP contribution is -2.46. The van der Waals surface area contributed by atoms with E-state index in [1.807, 2.05) is 10.6 Å². The van der Waals surface area contributed by atoms with Crippen LogP contribution in [-0.4, -0.2) is 40.7 Å². The maximum absolute atomic E-state index is 13.4. The Morgan fingerprint density at radius 2 is 1.93 bits per heavy atom. The minimum atomic E-state index is -1.11. The van der Waals surface area contributed by atoms with Gasteiger partial charge in [-0.2, -0.15) is 0 Å². The Kier molecular flexibility index (Phi) is 6.63. The molecule has 2 bridgehead atoms. The Morgan fingerprint density at radius 3 is 2.75 bits per heavy atom. The van der Waals surface area contributed by atoms with Crippen molar-refractivity contribution in [2.24, 2.45) is 5.92 Å². The molecule has 1 N–H and O–H groups in total. The molecule has 40 heavy (non-hydrogen) atoms. The molecular weight excluding hydrogens is 516 g/mol. The lowest BCUT2D eigenvalue weighted by molar-refractivity contribution is -0.140. The van der Waals surface area contributed by atoms with E-state index in [0.717, 1.165) is 12.1 Å². The van der Waals surface area contributed by atoms with Gasteiger partial charge < -0.3 is 23.2 Å². The maximum atomic E-state index is 13.4. The summed E-state index contributed by atoms with van der Waals surface area (Å²) in [4.78, 5) is 53.2. The normalized spacial score (nSPS) is 19.2. The molecule has 0 unspecified atom stereocenters. The molecule has 0 aliphatic carbocycles. The van der Waals surface area contributed by atoms with Crippen molar-refractivity contribution >= 4 is 16.9 Å². The average molecular weight is 545 g/mol. The second-order valence-electron chi connectivity index (χ2n) is 10.5. The van der Waals surface area contributed by atoms with Crippen LogP contribution in [0.2, 0.25) is 0 Å². The van der Waals surface area contributed by atoms with Crippen molar-refractivity contribution in [2.45, 2.75) is 37.8 Å². The Bertz CT molecular complexity index is 1790. The van der Waals surface area contributed by atoms with Gasteiger partial charge >= 0.3 is 5.97 Å². The predicted molar refractivity (Wildman–Crippen MR) is 144 cm³/mol. The fraction of sp³-hybridized carbons (Fsp3) is 0.333. The van der Waals surface area contributed by atoms with E-state index in [1.54, 1.807) is 36.4 Å². The average Bonchev–Trinajstić information content (AvgIpc) is 2.95. The molecule has 1 aromatic carbocycles. The number of para-hydroxylation sites is 1. The number of rotatable bonds is 6. The number of aromatic nitrogens is 1. The lowest BCUT2D eigenvalue weighted by atomic mass is 9.83. The summed E-state index contributed by atoms with van der Waals surface area (Å²) in [7, 11) is 1.22. The topological polar surface area (TPSA) is 132 Å². The number of pyridine rings is 1. The van der Waals surface area contributed by atoms with Crippen LogP contribution in [0.15, 0.2) is 78.0 Å². The number of aromatic hydroxyl groups is 1. The first-order valence-electron chi connectivity index (χ1n) is 13.2. The quantitative estimate of drug-likeness (QED) is 0.364. The Hall–Kier alpha value is -4.44. The molecule has 10 nitrogen and oxygen atoms in total. The highest BCUT2D eigenvalue weighted by Crippen LogP contribution is 2.37. The molecule has 2 aliphatic heterocycles. The van der Waals surface area contributed by atoms with Crippen LogP contribution in [0.4, 0.5) is 0 Å². The van der Waals surface area contributed by atoms with Crippen LogP contribution in [0.5, 0.6) is 5.75 Å². The van der Waals surface area contributed by atoms with Crippen LogP contribution < -0.4 is 16.4 Å². The molecular formula is C30H28N2O8. The Labute approximate surface area is 228 Å². The Balaban J connectivity index is 1.36. The molecule has 0 saturated carbocycles. The summed E-state index contributed by atoms with van der Waals surface area (Å²) in [5.41, 5.74) is 0.361. The van der Waals surface area contributed by atoms with Gasteiger partial charge in [-0.1, -0.05) is 18.2 Å². The molecule has 10 heteroatoms. The molecule has 3 aromatic heterocycles. The SMILES string of the molecule is COC(=O)C[C@H](c1oc(CN2C[C@@H]3C[C@H](C2)c2cccc(=O)n2C3)cc(=O)c1O)c1coc2ccccc2c1=O. The smallest absolute Gasteiger partial charge is 0.306 e. The van der Waals surface area contributed by atoms with E-state index in [0.29, 0.717) is 36.4 Å². The second kappa shape index (κ2) is 10.3. The lowest BCUT2D eigenvalue weighted by Gasteiger charge is -2.42. The van der Waals surface area contributed by atoms with E-state index >= 15 is 0 Å². The van der Waals surface area contributed by atoms with Gasteiger partial charge in [0.15, 0.2) is 11.2 Å². The molecule has 0 radical (unpaired) electrons. The van der Waals surface area contributed by atoms with E-state index in [4.69, 9.17) is 13.6 Å². The van der Waals surface area contributed by atoms with E-state index < -0.39 is 28.5 Å². The monoisotopic (exact) mass is 544 g/mol. The highest BCUT2D eigenvalue weighted by molar-refractivity contribution is 5.77. The van der Waals surface area contributed by atoms with Gasteiger partial charge in [0, 0.05) is 48.9 Å². The predicted octanol–water partition coefficient (Wildman–Crippen LogP) is 2.93. The van der Waals surface area contributed by atoms with Gasteiger partial charge in [0.25, 0.3) is 5.56 Å². The van der Waals surface area contributed by atoms with Crippen molar-refractivity contribution in [3.8, 4) is 5.75 Å². The number of esters is 1. The number of carbonyl (C=O) groups excluding carboxylic acids is 1. The van der Waals surface area contributed by atoms with Crippen LogP contribution >= 0.6 is 0 Å². The van der Waals surface area contributed by atoms with Crippen molar-refractivity contribution < 1.29 is 23.5 Å². The summed E-state index contributed by atoms with van der Waals surface area (Å²) in [6.07, 6.45) is 1.86. The third kappa shape index (κ3) is 4.64. The van der Waals surface area contributed by atoms with E-state index in [-0.39, 0.29) is 41.7 Å². The molecule has 0 amide bonds. The van der Waals surface area contributed by atoms with Gasteiger partial charge in [-0.15, -0.1) is 0 Å². The molecule has 5 heterocycles. The number of hydrogen-bond donors (Lipinski definition) is 1. The number of benzene rings is 1. The van der Waals surface area contributed by atoms with Gasteiger partial charge in [-0.3, -0.25) is 24.1 Å². The second-order valence-corrected chi connectivity index (χ2v) is 10.5. The summed E-state index contributed by atoms with van der Waals surface area (Å²) in [6, 6.07) is 13.3. The van der Waals surface area contributed by atoms with Crippen molar-refractivity contribution in [3.05, 3.63) is 108 Å². The fourth-order valence-electron chi connectivity index (χ4n) is 6.14. The largest absolute Gasteiger partial charge is 0.502 e. The highest BCUT2D eigenvalue weighted by atomic mass is 16.5. The van der Waals surface area contributed by atoms with Crippen molar-refractivity contribution in [3.63, 3.8) is 0 Å². The van der Waals surface area contributed by atoms with Crippen molar-refractivity contribution in [1.82, 2.24) is 9.47 Å². The number of fused-ring (bicyclic) bond motifs is 5. The molecule has 6 rings (SSSR count). The van der Waals surface area contributed by atoms with Gasteiger partial charge in [-0.05, 0) is 30.5 Å². The van der Waals surface area contributed by atoms with Crippen molar-refractivity contribution in [1.29, 1.82) is 0 Å². The van der Waals surface area contributed by atoms with E-state index in [9.17, 15) is 24.3 Å². The van der Waals surface area contributed by atoms with Gasteiger partial charge in [0.05, 0.1) is 37.6 Å². The molecule has 0 spiro atoms. The van der Waals surface area contributed by atoms with Gasteiger partial charge in [0.2, 0.25) is 11.2 Å². The number of piperidine rings is 1. The number of carbonyl (C=O) groups is 1. The summed E-state index contributed by atoms with van der Waals surface area (Å²) in [5, 5.41) is 11.1. The van der Waals surface area contributed by atoms with Crippen LogP contribution in [0, 0.1) is 5.92 Å². The highest BCUT2D eigenvalue weighted by Gasteiger charge is 2.35. The number of nitrogens with zero attached hydrogens (tertiary/aromatic N) is 2. The molecule has 3 atom stereocenters. The minimum Gasteiger partial charge on any atom is -0.502 e. The summed E-state index contributed by atoms with van der Waals surface area (Å²) in [6.45, 7) is 2.28. The first kappa shape index (κ1) is 25.8. The van der Waals surface area contributed by atoms with E-state index in [1.165, 1.54) is 19.4 Å². The fourth-order valence-corrected chi connectivity index (χ4v) is 6.14. The third-order valence-corrected chi connectivity index (χ3v) is 7.93. The van der Waals surface area contributed by atoms with Crippen molar-refractivity contribution in [2.75, 3.05) is 20.2 Å². The first-order chi connectivity index (χ1) is 19.3. The number of hydrogen-bond acceptors (Lipinski definition) is 9. The summed E-state index contributed by atoms with van der Waals surface area (Å²) < 4.78 is 18.4.